The summed E-state index contributed by atoms with van der Waals surface area (Å²) >= 11 is 0. The second kappa shape index (κ2) is 9.94. The minimum atomic E-state index is -3.13. The van der Waals surface area contributed by atoms with E-state index < -0.39 is 15.7 Å². The van der Waals surface area contributed by atoms with E-state index in [1.54, 1.807) is 18.4 Å². The molecule has 1 aromatic heterocycles. The number of rotatable bonds is 11. The van der Waals surface area contributed by atoms with E-state index in [1.807, 2.05) is 6.07 Å². The number of carbonyl (C=O) groups is 1. The van der Waals surface area contributed by atoms with Crippen molar-refractivity contribution >= 4 is 26.6 Å². The highest BCUT2D eigenvalue weighted by Crippen LogP contribution is 2.39. The molecule has 0 aliphatic rings. The average Bonchev–Trinajstić information content (AvgIpc) is 2.94. The lowest BCUT2D eigenvalue weighted by atomic mass is 9.86. The molecule has 0 aliphatic heterocycles. The number of fused-ring (bicyclic) bond motifs is 1. The Morgan fingerprint density at radius 2 is 1.87 bits per heavy atom. The molecule has 0 spiro atoms. The molecule has 2 aromatic rings. The normalized spacial score (nSPS) is 13.1. The van der Waals surface area contributed by atoms with Gasteiger partial charge in [-0.05, 0) is 50.2 Å². The molecular weight excluding hydrogens is 403 g/mol. The molecule has 5 nitrogen and oxygen atoms in total. The van der Waals surface area contributed by atoms with Gasteiger partial charge in [0.2, 0.25) is 0 Å². The second-order valence-corrected chi connectivity index (χ2v) is 10.6. The Morgan fingerprint density at radius 3 is 2.40 bits per heavy atom. The second-order valence-electron chi connectivity index (χ2n) is 8.38. The summed E-state index contributed by atoms with van der Waals surface area (Å²) in [5.41, 5.74) is 8.57. The van der Waals surface area contributed by atoms with Crippen LogP contribution in [0.3, 0.4) is 0 Å². The van der Waals surface area contributed by atoms with Crippen LogP contribution in [0.1, 0.15) is 85.5 Å². The van der Waals surface area contributed by atoms with Crippen LogP contribution in [0.2, 0.25) is 0 Å². The van der Waals surface area contributed by atoms with Gasteiger partial charge in [-0.15, -0.1) is 0 Å². The number of nitrogens with zero attached hydrogens (tertiary/aromatic N) is 1. The lowest BCUT2D eigenvalue weighted by Crippen LogP contribution is -2.14. The van der Waals surface area contributed by atoms with Crippen LogP contribution < -0.4 is 5.73 Å². The van der Waals surface area contributed by atoms with Crippen LogP contribution in [0, 0.1) is 19.7 Å². The van der Waals surface area contributed by atoms with E-state index in [-0.39, 0.29) is 17.5 Å². The smallest absolute Gasteiger partial charge is 0.251 e. The van der Waals surface area contributed by atoms with Gasteiger partial charge in [-0.1, -0.05) is 39.2 Å². The predicted octanol–water partition coefficient (Wildman–Crippen LogP) is 5.00. The molecule has 7 heteroatoms. The van der Waals surface area contributed by atoms with Gasteiger partial charge in [0, 0.05) is 23.9 Å². The Morgan fingerprint density at radius 1 is 1.20 bits per heavy atom. The number of nitrogens with two attached hydrogens (primary N) is 1. The van der Waals surface area contributed by atoms with Crippen LogP contribution in [0.5, 0.6) is 0 Å². The van der Waals surface area contributed by atoms with Crippen molar-refractivity contribution in [3.05, 3.63) is 34.3 Å². The van der Waals surface area contributed by atoms with Crippen LogP contribution in [-0.2, 0) is 16.4 Å². The molecule has 30 heavy (non-hydrogen) atoms. The first kappa shape index (κ1) is 24.4. The largest absolute Gasteiger partial charge is 0.366 e. The number of primary amides is 1. The first-order chi connectivity index (χ1) is 14.0. The molecule has 0 aliphatic carbocycles. The number of benzene rings is 1. The Bertz CT molecular complexity index is 1030. The minimum absolute atomic E-state index is 0.00686. The van der Waals surface area contributed by atoms with Crippen molar-refractivity contribution in [1.29, 1.82) is 0 Å². The molecule has 1 amide bonds. The molecule has 1 atom stereocenters. The first-order valence-corrected chi connectivity index (χ1v) is 12.9. The molecule has 2 N–H and O–H groups in total. The van der Waals surface area contributed by atoms with Gasteiger partial charge in [-0.3, -0.25) is 4.79 Å². The fraction of sp³-hybridized carbons (Fsp3) is 0.609. The van der Waals surface area contributed by atoms with Crippen molar-refractivity contribution < 1.29 is 17.6 Å². The van der Waals surface area contributed by atoms with E-state index in [9.17, 15) is 13.2 Å². The SMILES string of the molecule is CCCCCC(CC)c1cc(C)c(F)c2c1c(C(N)=O)c(C)n2CCCS(C)(=O)=O. The summed E-state index contributed by atoms with van der Waals surface area (Å²) in [4.78, 5) is 12.4. The zero-order valence-electron chi connectivity index (χ0n) is 18.8. The molecule has 1 aromatic carbocycles. The van der Waals surface area contributed by atoms with E-state index in [1.165, 1.54) is 6.26 Å². The number of carbonyl (C=O) groups excluding carboxylic acids is 1. The Labute approximate surface area is 179 Å². The Kier molecular flexibility index (Phi) is 8.08. The number of aryl methyl sites for hydroxylation is 2. The first-order valence-electron chi connectivity index (χ1n) is 10.8. The van der Waals surface area contributed by atoms with Gasteiger partial charge in [-0.25, -0.2) is 12.8 Å². The summed E-state index contributed by atoms with van der Waals surface area (Å²) in [7, 11) is -3.13. The molecule has 0 fully saturated rings. The highest BCUT2D eigenvalue weighted by atomic mass is 32.2. The number of halogens is 1. The van der Waals surface area contributed by atoms with Crippen molar-refractivity contribution in [3.8, 4) is 0 Å². The maximum absolute atomic E-state index is 15.3. The molecule has 0 bridgehead atoms. The van der Waals surface area contributed by atoms with Crippen molar-refractivity contribution in [2.45, 2.75) is 78.7 Å². The van der Waals surface area contributed by atoms with Gasteiger partial charge in [0.1, 0.15) is 15.7 Å². The van der Waals surface area contributed by atoms with E-state index >= 15 is 4.39 Å². The third kappa shape index (κ3) is 5.23. The van der Waals surface area contributed by atoms with Crippen molar-refractivity contribution in [2.75, 3.05) is 12.0 Å². The maximum Gasteiger partial charge on any atom is 0.251 e. The van der Waals surface area contributed by atoms with Crippen molar-refractivity contribution in [2.24, 2.45) is 5.73 Å². The lowest BCUT2D eigenvalue weighted by Gasteiger charge is -2.19. The summed E-state index contributed by atoms with van der Waals surface area (Å²) in [5.74, 6) is -0.727. The van der Waals surface area contributed by atoms with Crippen LogP contribution in [0.25, 0.3) is 10.9 Å². The molecule has 0 saturated carbocycles. The highest BCUT2D eigenvalue weighted by molar-refractivity contribution is 7.90. The van der Waals surface area contributed by atoms with Crippen LogP contribution >= 0.6 is 0 Å². The van der Waals surface area contributed by atoms with Crippen LogP contribution in [0.15, 0.2) is 6.07 Å². The topological polar surface area (TPSA) is 82.2 Å². The van der Waals surface area contributed by atoms with Gasteiger partial charge in [-0.2, -0.15) is 0 Å². The summed E-state index contributed by atoms with van der Waals surface area (Å²) in [6.45, 7) is 8.09. The zero-order valence-corrected chi connectivity index (χ0v) is 19.7. The molecule has 0 radical (unpaired) electrons. The summed E-state index contributed by atoms with van der Waals surface area (Å²) in [6, 6.07) is 1.87. The molecule has 168 valence electrons. The number of sulfone groups is 1. The van der Waals surface area contributed by atoms with Crippen LogP contribution in [-0.4, -0.2) is 30.9 Å². The molecule has 1 heterocycles. The number of amides is 1. The minimum Gasteiger partial charge on any atom is -0.366 e. The van der Waals surface area contributed by atoms with Gasteiger partial charge >= 0.3 is 0 Å². The fourth-order valence-corrected chi connectivity index (χ4v) is 5.06. The van der Waals surface area contributed by atoms with Gasteiger partial charge < -0.3 is 10.3 Å². The molecule has 0 saturated heterocycles. The Balaban J connectivity index is 2.71. The number of hydrogen-bond acceptors (Lipinski definition) is 3. The van der Waals surface area contributed by atoms with E-state index in [2.05, 4.69) is 13.8 Å². The fourth-order valence-electron chi connectivity index (χ4n) is 4.41. The third-order valence-corrected chi connectivity index (χ3v) is 7.00. The van der Waals surface area contributed by atoms with E-state index in [0.717, 1.165) is 37.7 Å². The van der Waals surface area contributed by atoms with Gasteiger partial charge in [0.15, 0.2) is 0 Å². The van der Waals surface area contributed by atoms with E-state index in [0.29, 0.717) is 40.7 Å². The van der Waals surface area contributed by atoms with Crippen molar-refractivity contribution in [3.63, 3.8) is 0 Å². The molecule has 1 unspecified atom stereocenters. The summed E-state index contributed by atoms with van der Waals surface area (Å²) < 4.78 is 40.2. The summed E-state index contributed by atoms with van der Waals surface area (Å²) in [6.07, 6.45) is 6.73. The van der Waals surface area contributed by atoms with Crippen LogP contribution in [0.4, 0.5) is 4.39 Å². The van der Waals surface area contributed by atoms with Gasteiger partial charge in [0.25, 0.3) is 5.91 Å². The monoisotopic (exact) mass is 438 g/mol. The number of hydrogen-bond donors (Lipinski definition) is 1. The standard InChI is InChI=1S/C23H35FN2O3S/c1-6-8-9-11-17(7-2)18-14-15(3)21(24)22-20(18)19(23(25)27)16(4)26(22)12-10-13-30(5,28)29/h14,17H,6-13H2,1-5H3,(H2,25,27). The zero-order chi connectivity index (χ0) is 22.6. The highest BCUT2D eigenvalue weighted by Gasteiger charge is 2.27. The van der Waals surface area contributed by atoms with Crippen molar-refractivity contribution in [1.82, 2.24) is 4.57 Å². The Hall–Kier alpha value is -1.89. The predicted molar refractivity (Wildman–Crippen MR) is 121 cm³/mol. The lowest BCUT2D eigenvalue weighted by molar-refractivity contribution is 0.100. The van der Waals surface area contributed by atoms with Gasteiger partial charge in [0.05, 0.1) is 16.8 Å². The third-order valence-electron chi connectivity index (χ3n) is 5.97. The molecule has 2 rings (SSSR count). The number of unbranched alkanes of at least 4 members (excludes halogenated alkanes) is 2. The molecular formula is C23H35FN2O3S. The average molecular weight is 439 g/mol. The quantitative estimate of drug-likeness (QED) is 0.501. The maximum atomic E-state index is 15.3. The van der Waals surface area contributed by atoms with E-state index in [4.69, 9.17) is 5.73 Å². The number of aromatic nitrogens is 1. The summed E-state index contributed by atoms with van der Waals surface area (Å²) in [5, 5.41) is 0.603.